The third kappa shape index (κ3) is 3.97. The van der Waals surface area contributed by atoms with E-state index in [9.17, 15) is 31.5 Å². The number of allylic oxidation sites excluding steroid dienone is 4. The van der Waals surface area contributed by atoms with Gasteiger partial charge in [-0.25, -0.2) is 12.7 Å². The molecule has 5 nitrogen and oxygen atoms in total. The monoisotopic (exact) mass is 573 g/mol. The van der Waals surface area contributed by atoms with Crippen LogP contribution in [0.4, 0.5) is 22.0 Å². The molecular formula is C28H32F5NO4S. The molecule has 4 aliphatic rings. The number of alkyl halides is 5. The van der Waals surface area contributed by atoms with Gasteiger partial charge in [0.2, 0.25) is 10.0 Å². The number of carbonyl (C=O) groups excluding carboxylic acids is 1. The highest BCUT2D eigenvalue weighted by Crippen LogP contribution is 2.70. The summed E-state index contributed by atoms with van der Waals surface area (Å²) in [5, 5.41) is 11.3. The summed E-state index contributed by atoms with van der Waals surface area (Å²) >= 11 is 0. The molecule has 1 aromatic rings. The molecule has 0 saturated heterocycles. The Kier molecular flexibility index (Phi) is 6.52. The lowest BCUT2D eigenvalue weighted by molar-refractivity contribution is -0.362. The molecule has 2 unspecified atom stereocenters. The predicted molar refractivity (Wildman–Crippen MR) is 134 cm³/mol. The van der Waals surface area contributed by atoms with Crippen molar-refractivity contribution in [3.63, 3.8) is 0 Å². The van der Waals surface area contributed by atoms with E-state index >= 15 is 8.78 Å². The quantitative estimate of drug-likeness (QED) is 0.465. The van der Waals surface area contributed by atoms with Crippen molar-refractivity contribution >= 4 is 15.8 Å². The Morgan fingerprint density at radius 1 is 1.00 bits per heavy atom. The number of ketones is 1. The zero-order chi connectivity index (χ0) is 28.8. The number of benzene rings is 1. The van der Waals surface area contributed by atoms with Crippen LogP contribution in [-0.2, 0) is 14.8 Å². The largest absolute Gasteiger partial charge is 0.456 e. The smallest absolute Gasteiger partial charge is 0.383 e. The van der Waals surface area contributed by atoms with Gasteiger partial charge in [-0.2, -0.15) is 22.0 Å². The molecule has 0 bridgehead atoms. The van der Waals surface area contributed by atoms with Crippen molar-refractivity contribution < 1.29 is 40.3 Å². The molecule has 2 saturated carbocycles. The number of aliphatic hydroxyl groups is 1. The molecule has 0 aliphatic heterocycles. The van der Waals surface area contributed by atoms with Crippen LogP contribution in [0.25, 0.3) is 0 Å². The number of halogens is 5. The molecule has 0 spiro atoms. The van der Waals surface area contributed by atoms with Gasteiger partial charge in [0.05, 0.1) is 4.90 Å². The van der Waals surface area contributed by atoms with Gasteiger partial charge in [-0.15, -0.1) is 0 Å². The van der Waals surface area contributed by atoms with Crippen molar-refractivity contribution in [2.24, 2.45) is 17.3 Å². The summed E-state index contributed by atoms with van der Waals surface area (Å²) < 4.78 is 97.4. The third-order valence-corrected chi connectivity index (χ3v) is 11.7. The third-order valence-electron chi connectivity index (χ3n) is 9.82. The molecule has 4 aliphatic carbocycles. The van der Waals surface area contributed by atoms with Crippen molar-refractivity contribution in [3.8, 4) is 0 Å². The molecule has 11 heteroatoms. The van der Waals surface area contributed by atoms with E-state index in [4.69, 9.17) is 0 Å². The van der Waals surface area contributed by atoms with Crippen LogP contribution in [0.3, 0.4) is 0 Å². The number of hydrogen-bond donors (Lipinski definition) is 1. The van der Waals surface area contributed by atoms with Crippen molar-refractivity contribution in [1.29, 1.82) is 0 Å². The van der Waals surface area contributed by atoms with Crippen LogP contribution in [0.1, 0.15) is 63.4 Å². The Bertz CT molecular complexity index is 1360. The Morgan fingerprint density at radius 3 is 2.23 bits per heavy atom. The molecule has 0 heterocycles. The van der Waals surface area contributed by atoms with Gasteiger partial charge < -0.3 is 5.11 Å². The highest BCUT2D eigenvalue weighted by atomic mass is 32.2. The number of sulfonamides is 1. The highest BCUT2D eigenvalue weighted by Gasteiger charge is 2.79. The lowest BCUT2D eigenvalue weighted by atomic mass is 9.50. The molecule has 0 amide bonds. The fraction of sp³-hybridized carbons (Fsp3) is 0.607. The fourth-order valence-corrected chi connectivity index (χ4v) is 8.70. The molecule has 1 N–H and O–H groups in total. The van der Waals surface area contributed by atoms with E-state index in [1.54, 1.807) is 18.2 Å². The second kappa shape index (κ2) is 8.94. The maximum atomic E-state index is 15.1. The minimum atomic E-state index is -5.91. The molecule has 39 heavy (non-hydrogen) atoms. The minimum Gasteiger partial charge on any atom is -0.383 e. The van der Waals surface area contributed by atoms with E-state index < -0.39 is 51.4 Å². The summed E-state index contributed by atoms with van der Waals surface area (Å²) in [4.78, 5) is 12.2. The number of hydrogen-bond acceptors (Lipinski definition) is 4. The number of fused-ring (bicyclic) bond motifs is 4. The van der Waals surface area contributed by atoms with Gasteiger partial charge in [-0.3, -0.25) is 4.79 Å². The van der Waals surface area contributed by atoms with E-state index in [-0.39, 0.29) is 29.4 Å². The van der Waals surface area contributed by atoms with Gasteiger partial charge in [-0.1, -0.05) is 24.6 Å². The molecule has 5 atom stereocenters. The van der Waals surface area contributed by atoms with Gasteiger partial charge in [-0.05, 0) is 85.3 Å². The number of nitrogens with zero attached hydrogens (tertiary/aromatic N) is 1. The van der Waals surface area contributed by atoms with Crippen LogP contribution in [0.2, 0.25) is 0 Å². The Hall–Kier alpha value is -2.11. The summed E-state index contributed by atoms with van der Waals surface area (Å²) in [6.07, 6.45) is -3.34. The van der Waals surface area contributed by atoms with Crippen LogP contribution in [-0.4, -0.2) is 55.4 Å². The van der Waals surface area contributed by atoms with Gasteiger partial charge in [0.15, 0.2) is 5.78 Å². The fourth-order valence-electron chi connectivity index (χ4n) is 7.80. The highest BCUT2D eigenvalue weighted by molar-refractivity contribution is 7.89. The average Bonchev–Trinajstić information content (AvgIpc) is 3.14. The normalized spacial score (nSPS) is 33.5. The van der Waals surface area contributed by atoms with Gasteiger partial charge >= 0.3 is 12.1 Å². The summed E-state index contributed by atoms with van der Waals surface area (Å²) in [5.74, 6) is -6.85. The maximum absolute atomic E-state index is 15.1. The molecule has 2 fully saturated rings. The van der Waals surface area contributed by atoms with E-state index in [0.29, 0.717) is 31.2 Å². The lowest BCUT2D eigenvalue weighted by Crippen LogP contribution is -2.65. The second-order valence-corrected chi connectivity index (χ2v) is 14.0. The van der Waals surface area contributed by atoms with Crippen molar-refractivity contribution in [1.82, 2.24) is 4.31 Å². The summed E-state index contributed by atoms with van der Waals surface area (Å²) in [5.41, 5.74) is -1.68. The first-order valence-corrected chi connectivity index (χ1v) is 14.6. The molecule has 0 aromatic heterocycles. The average molecular weight is 574 g/mol. The minimum absolute atomic E-state index is 0.00306. The number of rotatable bonds is 4. The number of carbonyl (C=O) groups is 1. The second-order valence-electron chi connectivity index (χ2n) is 11.8. The van der Waals surface area contributed by atoms with Crippen LogP contribution in [0.5, 0.6) is 0 Å². The molecule has 214 valence electrons. The van der Waals surface area contributed by atoms with E-state index in [0.717, 1.165) is 21.0 Å². The first-order valence-electron chi connectivity index (χ1n) is 13.1. The summed E-state index contributed by atoms with van der Waals surface area (Å²) in [6, 6.07) is 5.98. The SMILES string of the molecule is CN(C)S(=O)(=O)c1ccc([C@H]2C[C@@]3(C)C(CC[C@]3(O)C(F)(F)C(F)(F)F)C3CCC4=CC(=O)CCC4=C32)cc1. The maximum Gasteiger partial charge on any atom is 0.456 e. The van der Waals surface area contributed by atoms with Crippen LogP contribution in [0, 0.1) is 17.3 Å². The Morgan fingerprint density at radius 2 is 1.64 bits per heavy atom. The van der Waals surface area contributed by atoms with Gasteiger partial charge in [0.1, 0.15) is 5.60 Å². The standard InChI is InChI=1S/C28H32F5NO4S/c1-25-15-22(16-4-8-19(9-5-16)39(37,38)34(2)3)24-20-11-7-18(35)14-17(20)6-10-21(24)23(25)12-13-26(25,36)27(29,30)28(31,32)33/h4-5,8-9,14,21-23,36H,6-7,10-13,15H2,1-3H3/t21?,22-,23?,25+,26-/m1/s1. The Labute approximate surface area is 224 Å². The zero-order valence-electron chi connectivity index (χ0n) is 22.0. The van der Waals surface area contributed by atoms with Gasteiger partial charge in [0, 0.05) is 31.8 Å². The van der Waals surface area contributed by atoms with Crippen LogP contribution in [0.15, 0.2) is 52.0 Å². The predicted octanol–water partition coefficient (Wildman–Crippen LogP) is 5.77. The van der Waals surface area contributed by atoms with Gasteiger partial charge in [0.25, 0.3) is 0 Å². The summed E-state index contributed by atoms with van der Waals surface area (Å²) in [6.45, 7) is 1.36. The molecule has 5 rings (SSSR count). The van der Waals surface area contributed by atoms with Crippen molar-refractivity contribution in [2.45, 2.75) is 80.4 Å². The first-order chi connectivity index (χ1) is 18.0. The van der Waals surface area contributed by atoms with E-state index in [1.807, 2.05) is 0 Å². The van der Waals surface area contributed by atoms with Crippen molar-refractivity contribution in [3.05, 3.63) is 52.6 Å². The van der Waals surface area contributed by atoms with Crippen LogP contribution >= 0.6 is 0 Å². The van der Waals surface area contributed by atoms with Crippen molar-refractivity contribution in [2.75, 3.05) is 14.1 Å². The molecule has 0 radical (unpaired) electrons. The molecule has 1 aromatic carbocycles. The lowest BCUT2D eigenvalue weighted by Gasteiger charge is -2.56. The Balaban J connectivity index is 1.68. The molecular weight excluding hydrogens is 541 g/mol. The van der Waals surface area contributed by atoms with E-state index in [1.165, 1.54) is 33.2 Å². The van der Waals surface area contributed by atoms with E-state index in [2.05, 4.69) is 0 Å². The van der Waals surface area contributed by atoms with Crippen LogP contribution < -0.4 is 0 Å². The topological polar surface area (TPSA) is 74.7 Å². The first kappa shape index (κ1) is 28.4. The summed E-state index contributed by atoms with van der Waals surface area (Å²) in [7, 11) is -0.956. The zero-order valence-corrected chi connectivity index (χ0v) is 22.8.